The van der Waals surface area contributed by atoms with Gasteiger partial charge in [0.15, 0.2) is 0 Å². The second-order valence-corrected chi connectivity index (χ2v) is 6.80. The van der Waals surface area contributed by atoms with Gasteiger partial charge in [0.1, 0.15) is 0 Å². The Balaban J connectivity index is 1.86. The molecule has 2 rings (SSSR count). The highest BCUT2D eigenvalue weighted by Gasteiger charge is 2.21. The molecule has 1 fully saturated rings. The van der Waals surface area contributed by atoms with Crippen molar-refractivity contribution in [2.45, 2.75) is 52.5 Å². The van der Waals surface area contributed by atoms with E-state index in [9.17, 15) is 4.79 Å². The zero-order valence-electron chi connectivity index (χ0n) is 12.9. The fourth-order valence-electron chi connectivity index (χ4n) is 2.86. The number of carbonyl (C=O) groups is 1. The number of amides is 1. The van der Waals surface area contributed by atoms with Gasteiger partial charge in [-0.2, -0.15) is 0 Å². The lowest BCUT2D eigenvalue weighted by atomic mass is 10.0. The smallest absolute Gasteiger partial charge is 0.261 e. The number of nitrogens with zero attached hydrogens (tertiary/aromatic N) is 1. The first-order valence-corrected chi connectivity index (χ1v) is 8.58. The molecule has 1 aliphatic heterocycles. The number of likely N-dealkylation sites (tertiary alicyclic amines) is 1. The largest absolute Gasteiger partial charge is 0.349 e. The van der Waals surface area contributed by atoms with Crippen LogP contribution in [0.5, 0.6) is 0 Å². The first kappa shape index (κ1) is 15.5. The van der Waals surface area contributed by atoms with Crippen molar-refractivity contribution in [3.63, 3.8) is 0 Å². The molecule has 0 spiro atoms. The minimum absolute atomic E-state index is 0.117. The minimum Gasteiger partial charge on any atom is -0.349 e. The summed E-state index contributed by atoms with van der Waals surface area (Å²) in [7, 11) is 0. The van der Waals surface area contributed by atoms with Crippen LogP contribution in [0, 0.1) is 6.92 Å². The maximum Gasteiger partial charge on any atom is 0.261 e. The number of rotatable bonds is 5. The molecule has 1 amide bonds. The van der Waals surface area contributed by atoms with Crippen molar-refractivity contribution in [3.05, 3.63) is 21.4 Å². The molecule has 20 heavy (non-hydrogen) atoms. The van der Waals surface area contributed by atoms with Gasteiger partial charge in [0.2, 0.25) is 0 Å². The molecule has 0 aliphatic carbocycles. The van der Waals surface area contributed by atoms with Gasteiger partial charge in [-0.25, -0.2) is 0 Å². The summed E-state index contributed by atoms with van der Waals surface area (Å²) in [6, 6.07) is 2.38. The SMILES string of the molecule is CCCN1CCC(NC(=O)c2cc(C)c(CC)s2)CC1. The quantitative estimate of drug-likeness (QED) is 0.904. The molecule has 1 aromatic rings. The van der Waals surface area contributed by atoms with E-state index in [0.717, 1.165) is 37.2 Å². The van der Waals surface area contributed by atoms with Crippen molar-refractivity contribution in [2.75, 3.05) is 19.6 Å². The van der Waals surface area contributed by atoms with Crippen molar-refractivity contribution < 1.29 is 4.79 Å². The molecule has 3 nitrogen and oxygen atoms in total. The predicted molar refractivity (Wildman–Crippen MR) is 85.7 cm³/mol. The summed E-state index contributed by atoms with van der Waals surface area (Å²) in [5, 5.41) is 3.21. The van der Waals surface area contributed by atoms with Crippen LogP contribution in [0.15, 0.2) is 6.07 Å². The average Bonchev–Trinajstić information content (AvgIpc) is 2.82. The minimum atomic E-state index is 0.117. The first-order valence-electron chi connectivity index (χ1n) is 7.76. The van der Waals surface area contributed by atoms with Crippen LogP contribution < -0.4 is 5.32 Å². The highest BCUT2D eigenvalue weighted by molar-refractivity contribution is 7.14. The molecule has 0 atom stereocenters. The number of piperidine rings is 1. The number of carbonyl (C=O) groups excluding carboxylic acids is 1. The van der Waals surface area contributed by atoms with E-state index in [4.69, 9.17) is 0 Å². The summed E-state index contributed by atoms with van der Waals surface area (Å²) in [5.74, 6) is 0.117. The summed E-state index contributed by atoms with van der Waals surface area (Å²) >= 11 is 1.64. The first-order chi connectivity index (χ1) is 9.63. The van der Waals surface area contributed by atoms with Crippen LogP contribution in [-0.4, -0.2) is 36.5 Å². The van der Waals surface area contributed by atoms with Crippen molar-refractivity contribution in [1.29, 1.82) is 0 Å². The Morgan fingerprint density at radius 1 is 1.40 bits per heavy atom. The van der Waals surface area contributed by atoms with E-state index in [1.54, 1.807) is 11.3 Å². The lowest BCUT2D eigenvalue weighted by Gasteiger charge is -2.31. The van der Waals surface area contributed by atoms with Gasteiger partial charge < -0.3 is 10.2 Å². The van der Waals surface area contributed by atoms with E-state index in [-0.39, 0.29) is 5.91 Å². The van der Waals surface area contributed by atoms with Gasteiger partial charge >= 0.3 is 0 Å². The molecule has 0 bridgehead atoms. The van der Waals surface area contributed by atoms with Gasteiger partial charge in [0.25, 0.3) is 5.91 Å². The second kappa shape index (κ2) is 7.23. The molecule has 1 aromatic heterocycles. The fraction of sp³-hybridized carbons (Fsp3) is 0.688. The molecule has 4 heteroatoms. The Kier molecular flexibility index (Phi) is 5.61. The Hall–Kier alpha value is -0.870. The van der Waals surface area contributed by atoms with E-state index in [1.807, 2.05) is 6.07 Å². The highest BCUT2D eigenvalue weighted by Crippen LogP contribution is 2.22. The topological polar surface area (TPSA) is 32.3 Å². The molecule has 0 saturated carbocycles. The third kappa shape index (κ3) is 3.83. The van der Waals surface area contributed by atoms with Crippen LogP contribution in [0.2, 0.25) is 0 Å². The Labute approximate surface area is 126 Å². The molecule has 112 valence electrons. The zero-order valence-corrected chi connectivity index (χ0v) is 13.7. The van der Waals surface area contributed by atoms with E-state index < -0.39 is 0 Å². The third-order valence-electron chi connectivity index (χ3n) is 4.03. The summed E-state index contributed by atoms with van der Waals surface area (Å²) in [6.45, 7) is 9.87. The monoisotopic (exact) mass is 294 g/mol. The fourth-order valence-corrected chi connectivity index (χ4v) is 3.87. The Morgan fingerprint density at radius 3 is 2.65 bits per heavy atom. The Morgan fingerprint density at radius 2 is 2.10 bits per heavy atom. The lowest BCUT2D eigenvalue weighted by molar-refractivity contribution is 0.0915. The molecule has 0 radical (unpaired) electrons. The van der Waals surface area contributed by atoms with Crippen LogP contribution in [0.4, 0.5) is 0 Å². The number of nitrogens with one attached hydrogen (secondary N) is 1. The van der Waals surface area contributed by atoms with E-state index >= 15 is 0 Å². The van der Waals surface area contributed by atoms with Gasteiger partial charge in [-0.05, 0) is 50.8 Å². The van der Waals surface area contributed by atoms with Crippen LogP contribution in [-0.2, 0) is 6.42 Å². The van der Waals surface area contributed by atoms with Gasteiger partial charge in [-0.1, -0.05) is 13.8 Å². The molecule has 1 aliphatic rings. The molecule has 1 N–H and O–H groups in total. The lowest BCUT2D eigenvalue weighted by Crippen LogP contribution is -2.44. The molecular formula is C16H26N2OS. The normalized spacial score (nSPS) is 17.4. The molecule has 0 unspecified atom stereocenters. The van der Waals surface area contributed by atoms with Gasteiger partial charge in [0.05, 0.1) is 4.88 Å². The zero-order chi connectivity index (χ0) is 14.5. The van der Waals surface area contributed by atoms with Crippen LogP contribution in [0.1, 0.15) is 53.2 Å². The average molecular weight is 294 g/mol. The summed E-state index contributed by atoms with van der Waals surface area (Å²) in [6.07, 6.45) is 4.39. The number of hydrogen-bond donors (Lipinski definition) is 1. The van der Waals surface area contributed by atoms with Crippen LogP contribution in [0.3, 0.4) is 0 Å². The summed E-state index contributed by atoms with van der Waals surface area (Å²) < 4.78 is 0. The molecule has 2 heterocycles. The molecule has 0 aromatic carbocycles. The van der Waals surface area contributed by atoms with E-state index in [0.29, 0.717) is 6.04 Å². The molecule has 1 saturated heterocycles. The highest BCUT2D eigenvalue weighted by atomic mass is 32.1. The maximum atomic E-state index is 12.3. The van der Waals surface area contributed by atoms with Crippen molar-refractivity contribution in [3.8, 4) is 0 Å². The van der Waals surface area contributed by atoms with E-state index in [1.165, 1.54) is 23.4 Å². The third-order valence-corrected chi connectivity index (χ3v) is 5.41. The van der Waals surface area contributed by atoms with Crippen molar-refractivity contribution >= 4 is 17.2 Å². The maximum absolute atomic E-state index is 12.3. The van der Waals surface area contributed by atoms with Gasteiger partial charge in [0, 0.05) is 24.0 Å². The van der Waals surface area contributed by atoms with E-state index in [2.05, 4.69) is 31.0 Å². The number of thiophene rings is 1. The number of aryl methyl sites for hydroxylation is 2. The van der Waals surface area contributed by atoms with Crippen LogP contribution >= 0.6 is 11.3 Å². The van der Waals surface area contributed by atoms with Gasteiger partial charge in [-0.15, -0.1) is 11.3 Å². The predicted octanol–water partition coefficient (Wildman–Crippen LogP) is 3.22. The summed E-state index contributed by atoms with van der Waals surface area (Å²) in [4.78, 5) is 17.0. The van der Waals surface area contributed by atoms with Crippen molar-refractivity contribution in [2.24, 2.45) is 0 Å². The van der Waals surface area contributed by atoms with Gasteiger partial charge in [-0.3, -0.25) is 4.79 Å². The number of hydrogen-bond acceptors (Lipinski definition) is 3. The van der Waals surface area contributed by atoms with Crippen molar-refractivity contribution in [1.82, 2.24) is 10.2 Å². The molecular weight excluding hydrogens is 268 g/mol. The summed E-state index contributed by atoms with van der Waals surface area (Å²) in [5.41, 5.74) is 1.25. The van der Waals surface area contributed by atoms with Crippen LogP contribution in [0.25, 0.3) is 0 Å². The standard InChI is InChI=1S/C16H26N2OS/c1-4-8-18-9-6-13(7-10-18)17-16(19)15-11-12(3)14(5-2)20-15/h11,13H,4-10H2,1-3H3,(H,17,19). The Bertz CT molecular complexity index is 447. The second-order valence-electron chi connectivity index (χ2n) is 5.66.